The van der Waals surface area contributed by atoms with Gasteiger partial charge in [0.15, 0.2) is 0 Å². The fraction of sp³-hybridized carbons (Fsp3) is 0.467. The summed E-state index contributed by atoms with van der Waals surface area (Å²) in [5.74, 6) is 0.277. The quantitative estimate of drug-likeness (QED) is 0.764. The Kier molecular flexibility index (Phi) is 4.94. The van der Waals surface area contributed by atoms with Crippen LogP contribution in [-0.4, -0.2) is 26.5 Å². The van der Waals surface area contributed by atoms with Crippen molar-refractivity contribution in [2.45, 2.75) is 44.8 Å². The maximum atomic E-state index is 12.3. The second-order valence-electron chi connectivity index (χ2n) is 5.84. The number of pyridine rings is 1. The molecule has 1 saturated heterocycles. The van der Waals surface area contributed by atoms with Crippen molar-refractivity contribution in [2.24, 2.45) is 0 Å². The zero-order valence-electron chi connectivity index (χ0n) is 13.1. The first-order valence-corrected chi connectivity index (χ1v) is 8.43. The smallest absolute Gasteiger partial charge is 0.238 e. The van der Waals surface area contributed by atoms with E-state index in [0.717, 1.165) is 16.3 Å². The van der Waals surface area contributed by atoms with Crippen LogP contribution in [0.2, 0.25) is 0 Å². The zero-order chi connectivity index (χ0) is 16.2. The molecule has 0 spiro atoms. The third-order valence-corrected chi connectivity index (χ3v) is 4.56. The molecule has 0 aromatic carbocycles. The van der Waals surface area contributed by atoms with Gasteiger partial charge in [0.2, 0.25) is 5.91 Å². The van der Waals surface area contributed by atoms with Crippen molar-refractivity contribution in [3.8, 4) is 0 Å². The van der Waals surface area contributed by atoms with Crippen molar-refractivity contribution >= 4 is 17.4 Å². The molecule has 3 heterocycles. The molecule has 2 atom stereocenters. The predicted octanol–water partition coefficient (Wildman–Crippen LogP) is 1.28. The lowest BCUT2D eigenvalue weighted by Gasteiger charge is -2.10. The molecule has 1 aliphatic rings. The van der Waals surface area contributed by atoms with Crippen LogP contribution in [0.15, 0.2) is 24.4 Å². The first-order valence-electron chi connectivity index (χ1n) is 7.66. The lowest BCUT2D eigenvalue weighted by molar-refractivity contribution is -0.123. The summed E-state index contributed by atoms with van der Waals surface area (Å²) >= 11 is 1.34. The van der Waals surface area contributed by atoms with Crippen LogP contribution in [-0.2, 0) is 11.3 Å². The summed E-state index contributed by atoms with van der Waals surface area (Å²) in [5, 5.41) is 7.09. The minimum absolute atomic E-state index is 0.0287. The summed E-state index contributed by atoms with van der Waals surface area (Å²) in [4.78, 5) is 17.7. The highest BCUT2D eigenvalue weighted by Gasteiger charge is 2.30. The predicted molar refractivity (Wildman–Crippen MR) is 87.5 cm³/mol. The Hall–Kier alpha value is -1.90. The molecule has 0 saturated carbocycles. The Labute approximate surface area is 139 Å². The first kappa shape index (κ1) is 16.0. The van der Waals surface area contributed by atoms with Crippen molar-refractivity contribution in [2.75, 3.05) is 0 Å². The molecule has 0 radical (unpaired) electrons. The molecule has 2 aromatic rings. The average Bonchev–Trinajstić information content (AvgIpc) is 3.22. The van der Waals surface area contributed by atoms with E-state index in [-0.39, 0.29) is 18.0 Å². The number of hydrazine groups is 1. The van der Waals surface area contributed by atoms with E-state index >= 15 is 0 Å². The molecule has 1 aliphatic heterocycles. The van der Waals surface area contributed by atoms with Gasteiger partial charge in [0.1, 0.15) is 6.04 Å². The van der Waals surface area contributed by atoms with E-state index in [2.05, 4.69) is 44.6 Å². The summed E-state index contributed by atoms with van der Waals surface area (Å²) in [6, 6.07) is 5.55. The lowest BCUT2D eigenvalue weighted by Crippen LogP contribution is -2.42. The molecule has 0 bridgehead atoms. The van der Waals surface area contributed by atoms with Crippen LogP contribution in [0, 0.1) is 0 Å². The number of nitrogens with one attached hydrogen (secondary N) is 3. The summed E-state index contributed by atoms with van der Waals surface area (Å²) in [7, 11) is 0. The summed E-state index contributed by atoms with van der Waals surface area (Å²) in [6.45, 7) is 4.61. The normalized spacial score (nSPS) is 20.8. The molecular weight excluding hydrogens is 312 g/mol. The van der Waals surface area contributed by atoms with Crippen LogP contribution in [0.25, 0.3) is 0 Å². The number of rotatable bonds is 5. The molecular formula is C15H20N6OS. The number of hydrogen-bond donors (Lipinski definition) is 3. The van der Waals surface area contributed by atoms with Crippen molar-refractivity contribution in [1.29, 1.82) is 0 Å². The first-order chi connectivity index (χ1) is 11.1. The SMILES string of the molecule is CC(C)c1nnsc1CNC(=O)C1CC(c2ccccn2)NN1. The second-order valence-corrected chi connectivity index (χ2v) is 6.68. The van der Waals surface area contributed by atoms with E-state index in [4.69, 9.17) is 0 Å². The van der Waals surface area contributed by atoms with E-state index in [1.165, 1.54) is 11.5 Å². The topological polar surface area (TPSA) is 91.8 Å². The van der Waals surface area contributed by atoms with Gasteiger partial charge in [-0.2, -0.15) is 0 Å². The van der Waals surface area contributed by atoms with E-state index in [0.29, 0.717) is 18.9 Å². The van der Waals surface area contributed by atoms with Gasteiger partial charge in [-0.15, -0.1) is 5.10 Å². The number of hydrogen-bond acceptors (Lipinski definition) is 7. The van der Waals surface area contributed by atoms with E-state index in [9.17, 15) is 4.79 Å². The van der Waals surface area contributed by atoms with Crippen LogP contribution in [0.1, 0.15) is 48.5 Å². The molecule has 2 aromatic heterocycles. The van der Waals surface area contributed by atoms with Gasteiger partial charge in [-0.05, 0) is 36.0 Å². The molecule has 23 heavy (non-hydrogen) atoms. The Bertz CT molecular complexity index is 659. The van der Waals surface area contributed by atoms with Crippen LogP contribution in [0.4, 0.5) is 0 Å². The standard InChI is InChI=1S/C15H20N6OS/c1-9(2)14-13(23-21-20-14)8-17-15(22)12-7-11(18-19-12)10-5-3-4-6-16-10/h3-6,9,11-12,18-19H,7-8H2,1-2H3,(H,17,22). The Balaban J connectivity index is 1.54. The third-order valence-electron chi connectivity index (χ3n) is 3.82. The number of aromatic nitrogens is 3. The second kappa shape index (κ2) is 7.12. The van der Waals surface area contributed by atoms with Gasteiger partial charge >= 0.3 is 0 Å². The van der Waals surface area contributed by atoms with Gasteiger partial charge in [0.05, 0.1) is 28.9 Å². The number of nitrogens with zero attached hydrogens (tertiary/aromatic N) is 3. The van der Waals surface area contributed by atoms with Crippen LogP contribution in [0.5, 0.6) is 0 Å². The molecule has 1 fully saturated rings. The third kappa shape index (κ3) is 3.72. The minimum Gasteiger partial charge on any atom is -0.350 e. The summed E-state index contributed by atoms with van der Waals surface area (Å²) < 4.78 is 3.97. The fourth-order valence-corrected chi connectivity index (χ4v) is 3.31. The molecule has 0 aliphatic carbocycles. The number of carbonyl (C=O) groups excluding carboxylic acids is 1. The van der Waals surface area contributed by atoms with Crippen molar-refractivity contribution in [1.82, 2.24) is 30.7 Å². The monoisotopic (exact) mass is 332 g/mol. The lowest BCUT2D eigenvalue weighted by atomic mass is 10.1. The minimum atomic E-state index is -0.273. The Morgan fingerprint density at radius 3 is 3.04 bits per heavy atom. The van der Waals surface area contributed by atoms with Crippen molar-refractivity contribution < 1.29 is 4.79 Å². The summed E-state index contributed by atoms with van der Waals surface area (Å²) in [6.07, 6.45) is 2.43. The number of carbonyl (C=O) groups is 1. The molecule has 3 N–H and O–H groups in total. The van der Waals surface area contributed by atoms with Crippen molar-refractivity contribution in [3.05, 3.63) is 40.7 Å². The van der Waals surface area contributed by atoms with Gasteiger partial charge in [0, 0.05) is 6.20 Å². The van der Waals surface area contributed by atoms with Crippen molar-refractivity contribution in [3.63, 3.8) is 0 Å². The maximum absolute atomic E-state index is 12.3. The molecule has 3 rings (SSSR count). The number of amides is 1. The summed E-state index contributed by atoms with van der Waals surface area (Å²) in [5.41, 5.74) is 8.07. The van der Waals surface area contributed by atoms with E-state index in [1.54, 1.807) is 6.20 Å². The van der Waals surface area contributed by atoms with Gasteiger partial charge in [0.25, 0.3) is 0 Å². The van der Waals surface area contributed by atoms with Crippen LogP contribution in [0.3, 0.4) is 0 Å². The molecule has 8 heteroatoms. The van der Waals surface area contributed by atoms with E-state index < -0.39 is 0 Å². The van der Waals surface area contributed by atoms with Crippen LogP contribution >= 0.6 is 11.5 Å². The highest BCUT2D eigenvalue weighted by atomic mass is 32.1. The molecule has 1 amide bonds. The Morgan fingerprint density at radius 1 is 1.43 bits per heavy atom. The highest BCUT2D eigenvalue weighted by Crippen LogP contribution is 2.21. The van der Waals surface area contributed by atoms with Gasteiger partial charge in [-0.25, -0.2) is 10.9 Å². The van der Waals surface area contributed by atoms with Gasteiger partial charge in [-0.3, -0.25) is 9.78 Å². The average molecular weight is 332 g/mol. The zero-order valence-corrected chi connectivity index (χ0v) is 13.9. The van der Waals surface area contributed by atoms with Gasteiger partial charge < -0.3 is 5.32 Å². The maximum Gasteiger partial charge on any atom is 0.238 e. The van der Waals surface area contributed by atoms with Gasteiger partial charge in [-0.1, -0.05) is 24.4 Å². The molecule has 122 valence electrons. The molecule has 2 unspecified atom stereocenters. The Morgan fingerprint density at radius 2 is 2.30 bits per heavy atom. The van der Waals surface area contributed by atoms with Crippen LogP contribution < -0.4 is 16.2 Å². The highest BCUT2D eigenvalue weighted by molar-refractivity contribution is 7.05. The fourth-order valence-electron chi connectivity index (χ4n) is 2.57. The molecule has 7 nitrogen and oxygen atoms in total. The van der Waals surface area contributed by atoms with E-state index in [1.807, 2.05) is 18.2 Å². The largest absolute Gasteiger partial charge is 0.350 e.